The van der Waals surface area contributed by atoms with Crippen molar-refractivity contribution < 1.29 is 58.8 Å². The summed E-state index contributed by atoms with van der Waals surface area (Å²) in [6.45, 7) is -2.41. The number of anilines is 1. The number of hydrogen-bond acceptors (Lipinski definition) is 5. The molecule has 1 aliphatic rings. The van der Waals surface area contributed by atoms with E-state index in [1.54, 1.807) is 0 Å². The van der Waals surface area contributed by atoms with E-state index >= 15 is 0 Å². The van der Waals surface area contributed by atoms with E-state index in [1.807, 2.05) is 0 Å². The minimum Gasteiger partial charge on any atom is -0.488 e. The molecule has 5 nitrogen and oxygen atoms in total. The summed E-state index contributed by atoms with van der Waals surface area (Å²) in [5.41, 5.74) is 0.653. The van der Waals surface area contributed by atoms with E-state index in [9.17, 15) is 44.6 Å². The molecule has 0 radical (unpaired) electrons. The van der Waals surface area contributed by atoms with Crippen molar-refractivity contribution in [2.75, 3.05) is 24.7 Å². The highest BCUT2D eigenvalue weighted by atomic mass is 19.4. The van der Waals surface area contributed by atoms with E-state index < -0.39 is 55.5 Å². The number of ether oxygens (including phenoxy) is 3. The predicted octanol–water partition coefficient (Wildman–Crippen LogP) is 7.26. The monoisotopic (exact) mass is 581 g/mol. The Morgan fingerprint density at radius 2 is 1.43 bits per heavy atom. The number of benzene rings is 3. The van der Waals surface area contributed by atoms with Gasteiger partial charge in [0.2, 0.25) is 0 Å². The Kier molecular flexibility index (Phi) is 8.01. The fourth-order valence-electron chi connectivity index (χ4n) is 4.33. The molecule has 1 unspecified atom stereocenters. The van der Waals surface area contributed by atoms with Crippen LogP contribution in [0.4, 0.5) is 45.2 Å². The van der Waals surface area contributed by atoms with Gasteiger partial charge in [-0.1, -0.05) is 36.4 Å². The molecule has 1 aliphatic heterocycles. The van der Waals surface area contributed by atoms with Gasteiger partial charge < -0.3 is 24.2 Å². The molecule has 0 bridgehead atoms. The van der Waals surface area contributed by atoms with E-state index in [4.69, 9.17) is 4.74 Å². The summed E-state index contributed by atoms with van der Waals surface area (Å²) < 4.78 is 131. The van der Waals surface area contributed by atoms with Crippen LogP contribution in [0.5, 0.6) is 17.2 Å². The van der Waals surface area contributed by atoms with Crippen molar-refractivity contribution >= 4 is 5.69 Å². The predicted molar refractivity (Wildman–Crippen MR) is 124 cm³/mol. The Balaban J connectivity index is 1.79. The highest BCUT2D eigenvalue weighted by molar-refractivity contribution is 5.80. The molecule has 40 heavy (non-hydrogen) atoms. The van der Waals surface area contributed by atoms with Crippen molar-refractivity contribution in [1.82, 2.24) is 0 Å². The second-order valence-electron chi connectivity index (χ2n) is 8.75. The summed E-state index contributed by atoms with van der Waals surface area (Å²) >= 11 is 0. The minimum absolute atomic E-state index is 0.0319. The van der Waals surface area contributed by atoms with E-state index in [0.29, 0.717) is 0 Å². The van der Waals surface area contributed by atoms with Crippen molar-refractivity contribution in [2.45, 2.75) is 24.9 Å². The quantitative estimate of drug-likeness (QED) is 0.298. The Morgan fingerprint density at radius 1 is 0.825 bits per heavy atom. The number of rotatable bonds is 7. The van der Waals surface area contributed by atoms with Gasteiger partial charge in [0.1, 0.15) is 18.1 Å². The second-order valence-corrected chi connectivity index (χ2v) is 8.75. The number of alkyl halides is 9. The van der Waals surface area contributed by atoms with Crippen molar-refractivity contribution in [1.29, 1.82) is 0 Å². The number of para-hydroxylation sites is 1. The van der Waals surface area contributed by atoms with Crippen LogP contribution < -0.4 is 19.1 Å². The SMILES string of the molecule is OCC(CN1c2cccc(-c3cccc(OC(F)(F)F)c3)c2OC[C@@H]1c1cccc(OC(F)(F)F)c1)C(F)(F)F. The molecule has 1 N–H and O–H groups in total. The lowest BCUT2D eigenvalue weighted by Gasteiger charge is -2.41. The van der Waals surface area contributed by atoms with Gasteiger partial charge in [-0.3, -0.25) is 0 Å². The number of hydrogen-bond donors (Lipinski definition) is 1. The van der Waals surface area contributed by atoms with Gasteiger partial charge in [0, 0.05) is 12.1 Å². The Hall–Kier alpha value is -3.81. The van der Waals surface area contributed by atoms with Gasteiger partial charge in [0.05, 0.1) is 24.3 Å². The standard InChI is InChI=1S/C26H20F9NO4/c27-24(28,29)17(13-37)12-36-21-9-3-8-20(15-4-1-6-18(10-15)39-25(30,31)32)23(21)38-14-22(36)16-5-2-7-19(11-16)40-26(33,34)35/h1-11,17,22,37H,12-14H2/t17?,22-/m1/s1. The van der Waals surface area contributed by atoms with E-state index in [-0.39, 0.29) is 34.7 Å². The third-order valence-corrected chi connectivity index (χ3v) is 6.02. The maximum atomic E-state index is 13.7. The smallest absolute Gasteiger partial charge is 0.488 e. The number of fused-ring (bicyclic) bond motifs is 1. The van der Waals surface area contributed by atoms with Crippen LogP contribution in [0.25, 0.3) is 11.1 Å². The molecule has 0 saturated heterocycles. The molecular formula is C26H20F9NO4. The zero-order valence-electron chi connectivity index (χ0n) is 20.1. The number of aliphatic hydroxyl groups excluding tert-OH is 1. The molecule has 1 heterocycles. The molecule has 0 aliphatic carbocycles. The normalized spacial score (nSPS) is 16.6. The molecule has 0 amide bonds. The van der Waals surface area contributed by atoms with Crippen LogP contribution in [-0.4, -0.2) is 43.8 Å². The lowest BCUT2D eigenvalue weighted by atomic mass is 9.97. The molecule has 0 saturated carbocycles. The van der Waals surface area contributed by atoms with Gasteiger partial charge in [-0.05, 0) is 41.5 Å². The van der Waals surface area contributed by atoms with Crippen LogP contribution in [0.2, 0.25) is 0 Å². The zero-order valence-corrected chi connectivity index (χ0v) is 20.1. The first-order chi connectivity index (χ1) is 18.6. The average Bonchev–Trinajstić information content (AvgIpc) is 2.84. The number of halogens is 9. The Morgan fingerprint density at radius 3 is 2.02 bits per heavy atom. The van der Waals surface area contributed by atoms with Crippen LogP contribution in [0.1, 0.15) is 11.6 Å². The van der Waals surface area contributed by atoms with Gasteiger partial charge in [-0.25, -0.2) is 0 Å². The van der Waals surface area contributed by atoms with Crippen LogP contribution in [0.15, 0.2) is 66.7 Å². The van der Waals surface area contributed by atoms with E-state index in [1.165, 1.54) is 47.4 Å². The maximum absolute atomic E-state index is 13.7. The van der Waals surface area contributed by atoms with Gasteiger partial charge in [-0.15, -0.1) is 26.3 Å². The lowest BCUT2D eigenvalue weighted by molar-refractivity contribution is -0.275. The number of nitrogens with zero attached hydrogens (tertiary/aromatic N) is 1. The van der Waals surface area contributed by atoms with Gasteiger partial charge >= 0.3 is 18.9 Å². The summed E-state index contributed by atoms with van der Waals surface area (Å²) in [6.07, 6.45) is -14.8. The first-order valence-corrected chi connectivity index (χ1v) is 11.6. The maximum Gasteiger partial charge on any atom is 0.573 e. The highest BCUT2D eigenvalue weighted by Crippen LogP contribution is 2.47. The van der Waals surface area contributed by atoms with Crippen molar-refractivity contribution in [3.63, 3.8) is 0 Å². The highest BCUT2D eigenvalue weighted by Gasteiger charge is 2.43. The molecular weight excluding hydrogens is 561 g/mol. The molecule has 3 aromatic rings. The zero-order chi connectivity index (χ0) is 29.3. The first-order valence-electron chi connectivity index (χ1n) is 11.6. The summed E-state index contributed by atoms with van der Waals surface area (Å²) in [5.74, 6) is -3.33. The topological polar surface area (TPSA) is 51.2 Å². The summed E-state index contributed by atoms with van der Waals surface area (Å²) in [5, 5.41) is 9.50. The van der Waals surface area contributed by atoms with E-state index in [2.05, 4.69) is 9.47 Å². The average molecular weight is 581 g/mol. The van der Waals surface area contributed by atoms with Crippen molar-refractivity contribution in [2.24, 2.45) is 5.92 Å². The molecule has 14 heteroatoms. The molecule has 0 aromatic heterocycles. The summed E-state index contributed by atoms with van der Waals surface area (Å²) in [4.78, 5) is 1.24. The lowest BCUT2D eigenvalue weighted by Crippen LogP contribution is -2.44. The van der Waals surface area contributed by atoms with Gasteiger partial charge in [-0.2, -0.15) is 13.2 Å². The Labute approximate surface area is 221 Å². The molecule has 4 rings (SSSR count). The summed E-state index contributed by atoms with van der Waals surface area (Å²) in [7, 11) is 0. The van der Waals surface area contributed by atoms with Crippen LogP contribution in [0.3, 0.4) is 0 Å². The van der Waals surface area contributed by atoms with Gasteiger partial charge in [0.25, 0.3) is 0 Å². The fraction of sp³-hybridized carbons (Fsp3) is 0.308. The first kappa shape index (κ1) is 29.2. The molecule has 3 aromatic carbocycles. The molecule has 216 valence electrons. The van der Waals surface area contributed by atoms with Crippen LogP contribution in [-0.2, 0) is 0 Å². The summed E-state index contributed by atoms with van der Waals surface area (Å²) in [6, 6.07) is 12.8. The molecule has 0 spiro atoms. The second kappa shape index (κ2) is 11.0. The van der Waals surface area contributed by atoms with Crippen LogP contribution >= 0.6 is 0 Å². The van der Waals surface area contributed by atoms with Crippen LogP contribution in [0, 0.1) is 5.92 Å². The third-order valence-electron chi connectivity index (χ3n) is 6.02. The molecule has 2 atom stereocenters. The largest absolute Gasteiger partial charge is 0.573 e. The Bertz CT molecular complexity index is 1320. The number of aliphatic hydroxyl groups is 1. The van der Waals surface area contributed by atoms with E-state index in [0.717, 1.165) is 24.3 Å². The van der Waals surface area contributed by atoms with Crippen molar-refractivity contribution in [3.8, 4) is 28.4 Å². The fourth-order valence-corrected chi connectivity index (χ4v) is 4.33. The third kappa shape index (κ3) is 7.03. The minimum atomic E-state index is -5.01. The molecule has 0 fully saturated rings. The van der Waals surface area contributed by atoms with Gasteiger partial charge in [0.15, 0.2) is 5.75 Å². The van der Waals surface area contributed by atoms with Crippen molar-refractivity contribution in [3.05, 3.63) is 72.3 Å².